The van der Waals surface area contributed by atoms with Gasteiger partial charge >= 0.3 is 0 Å². The highest BCUT2D eigenvalue weighted by Crippen LogP contribution is 2.24. The summed E-state index contributed by atoms with van der Waals surface area (Å²) in [6.45, 7) is 6.70. The standard InChI is InChI=1S/C13H21NS/c1-13(2,3)11-7-5-10(6-8-11)12(9-15)14-4/h5-8,12,14-15H,9H2,1-4H3. The van der Waals surface area contributed by atoms with Crippen molar-refractivity contribution in [3.8, 4) is 0 Å². The quantitative estimate of drug-likeness (QED) is 0.750. The van der Waals surface area contributed by atoms with Crippen LogP contribution in [0.2, 0.25) is 0 Å². The summed E-state index contributed by atoms with van der Waals surface area (Å²) in [6.07, 6.45) is 0. The molecule has 0 bridgehead atoms. The van der Waals surface area contributed by atoms with Crippen LogP contribution >= 0.6 is 12.6 Å². The third-order valence-electron chi connectivity index (χ3n) is 2.71. The van der Waals surface area contributed by atoms with Gasteiger partial charge in [0.05, 0.1) is 0 Å². The molecular weight excluding hydrogens is 202 g/mol. The van der Waals surface area contributed by atoms with Crippen LogP contribution in [0.25, 0.3) is 0 Å². The predicted molar refractivity (Wildman–Crippen MR) is 70.8 cm³/mol. The van der Waals surface area contributed by atoms with Gasteiger partial charge in [-0.1, -0.05) is 45.0 Å². The fourth-order valence-corrected chi connectivity index (χ4v) is 1.97. The first kappa shape index (κ1) is 12.6. The lowest BCUT2D eigenvalue weighted by molar-refractivity contribution is 0.588. The van der Waals surface area contributed by atoms with Crippen molar-refractivity contribution in [1.82, 2.24) is 5.32 Å². The number of benzene rings is 1. The van der Waals surface area contributed by atoms with Crippen molar-refractivity contribution in [2.24, 2.45) is 0 Å². The second kappa shape index (κ2) is 5.04. The smallest absolute Gasteiger partial charge is 0.0406 e. The molecule has 0 saturated heterocycles. The summed E-state index contributed by atoms with van der Waals surface area (Å²) in [6, 6.07) is 9.16. The summed E-state index contributed by atoms with van der Waals surface area (Å²) < 4.78 is 0. The van der Waals surface area contributed by atoms with Crippen molar-refractivity contribution in [2.75, 3.05) is 12.8 Å². The van der Waals surface area contributed by atoms with Crippen LogP contribution in [0, 0.1) is 0 Å². The Balaban J connectivity index is 2.89. The number of hydrogen-bond acceptors (Lipinski definition) is 2. The maximum atomic E-state index is 4.33. The molecule has 0 heterocycles. The molecule has 0 aliphatic carbocycles. The molecule has 0 saturated carbocycles. The Morgan fingerprint density at radius 1 is 1.20 bits per heavy atom. The fraction of sp³-hybridized carbons (Fsp3) is 0.538. The Morgan fingerprint density at radius 2 is 1.73 bits per heavy atom. The van der Waals surface area contributed by atoms with Gasteiger partial charge in [-0.3, -0.25) is 0 Å². The van der Waals surface area contributed by atoms with Crippen molar-refractivity contribution in [2.45, 2.75) is 32.2 Å². The Labute approximate surface area is 98.7 Å². The topological polar surface area (TPSA) is 12.0 Å². The number of nitrogens with one attached hydrogen (secondary N) is 1. The molecule has 2 heteroatoms. The zero-order valence-corrected chi connectivity index (χ0v) is 10.9. The molecular formula is C13H21NS. The van der Waals surface area contributed by atoms with Crippen LogP contribution in [0.1, 0.15) is 37.9 Å². The third-order valence-corrected chi connectivity index (χ3v) is 3.08. The van der Waals surface area contributed by atoms with Gasteiger partial charge in [-0.15, -0.1) is 0 Å². The molecule has 84 valence electrons. The van der Waals surface area contributed by atoms with Gasteiger partial charge in [-0.25, -0.2) is 0 Å². The van der Waals surface area contributed by atoms with E-state index in [0.717, 1.165) is 5.75 Å². The Morgan fingerprint density at radius 3 is 2.07 bits per heavy atom. The largest absolute Gasteiger partial charge is 0.312 e. The third kappa shape index (κ3) is 3.25. The molecule has 1 nitrogen and oxygen atoms in total. The number of hydrogen-bond donors (Lipinski definition) is 2. The highest BCUT2D eigenvalue weighted by Gasteiger charge is 2.14. The summed E-state index contributed by atoms with van der Waals surface area (Å²) in [5.74, 6) is 0.825. The SMILES string of the molecule is CNC(CS)c1ccc(C(C)(C)C)cc1. The molecule has 15 heavy (non-hydrogen) atoms. The highest BCUT2D eigenvalue weighted by molar-refractivity contribution is 7.80. The van der Waals surface area contributed by atoms with Crippen molar-refractivity contribution >= 4 is 12.6 Å². The summed E-state index contributed by atoms with van der Waals surface area (Å²) in [4.78, 5) is 0. The summed E-state index contributed by atoms with van der Waals surface area (Å²) in [7, 11) is 1.97. The molecule has 1 aromatic carbocycles. The van der Waals surface area contributed by atoms with Gasteiger partial charge < -0.3 is 5.32 Å². The van der Waals surface area contributed by atoms with Crippen LogP contribution in [0.5, 0.6) is 0 Å². The summed E-state index contributed by atoms with van der Waals surface area (Å²) in [5.41, 5.74) is 2.91. The first-order valence-electron chi connectivity index (χ1n) is 5.37. The molecule has 0 aliphatic rings. The molecule has 0 radical (unpaired) electrons. The Hall–Kier alpha value is -0.470. The van der Waals surface area contributed by atoms with E-state index in [1.54, 1.807) is 0 Å². The minimum Gasteiger partial charge on any atom is -0.312 e. The van der Waals surface area contributed by atoms with Crippen LogP contribution in [0.15, 0.2) is 24.3 Å². The first-order valence-corrected chi connectivity index (χ1v) is 6.01. The predicted octanol–water partition coefficient (Wildman–Crippen LogP) is 3.17. The molecule has 0 aliphatic heterocycles. The normalized spacial score (nSPS) is 13.9. The number of thiol groups is 1. The van der Waals surface area contributed by atoms with E-state index in [9.17, 15) is 0 Å². The summed E-state index contributed by atoms with van der Waals surface area (Å²) >= 11 is 4.33. The van der Waals surface area contributed by atoms with Crippen LogP contribution in [-0.4, -0.2) is 12.8 Å². The molecule has 1 aromatic rings. The second-order valence-electron chi connectivity index (χ2n) is 4.90. The van der Waals surface area contributed by atoms with E-state index in [1.807, 2.05) is 7.05 Å². The molecule has 1 rings (SSSR count). The molecule has 1 N–H and O–H groups in total. The van der Waals surface area contributed by atoms with E-state index in [2.05, 4.69) is 63.0 Å². The lowest BCUT2D eigenvalue weighted by Crippen LogP contribution is -2.18. The zero-order chi connectivity index (χ0) is 11.5. The van der Waals surface area contributed by atoms with E-state index in [0.29, 0.717) is 6.04 Å². The van der Waals surface area contributed by atoms with Crippen molar-refractivity contribution in [1.29, 1.82) is 0 Å². The average molecular weight is 223 g/mol. The van der Waals surface area contributed by atoms with Gasteiger partial charge in [0.1, 0.15) is 0 Å². The van der Waals surface area contributed by atoms with E-state index in [1.165, 1.54) is 11.1 Å². The first-order chi connectivity index (χ1) is 6.99. The van der Waals surface area contributed by atoms with Gasteiger partial charge in [-0.05, 0) is 23.6 Å². The van der Waals surface area contributed by atoms with Gasteiger partial charge in [0.25, 0.3) is 0 Å². The van der Waals surface area contributed by atoms with Crippen LogP contribution in [0.3, 0.4) is 0 Å². The monoisotopic (exact) mass is 223 g/mol. The number of rotatable bonds is 3. The molecule has 0 aromatic heterocycles. The van der Waals surface area contributed by atoms with E-state index in [-0.39, 0.29) is 5.41 Å². The minimum absolute atomic E-state index is 0.231. The van der Waals surface area contributed by atoms with Crippen molar-refractivity contribution in [3.63, 3.8) is 0 Å². The van der Waals surface area contributed by atoms with E-state index < -0.39 is 0 Å². The average Bonchev–Trinajstić information content (AvgIpc) is 2.19. The van der Waals surface area contributed by atoms with E-state index in [4.69, 9.17) is 0 Å². The molecule has 1 unspecified atom stereocenters. The van der Waals surface area contributed by atoms with Crippen LogP contribution in [-0.2, 0) is 5.41 Å². The fourth-order valence-electron chi connectivity index (χ4n) is 1.58. The van der Waals surface area contributed by atoms with Crippen LogP contribution < -0.4 is 5.32 Å². The molecule has 0 fully saturated rings. The lowest BCUT2D eigenvalue weighted by atomic mass is 9.86. The highest BCUT2D eigenvalue weighted by atomic mass is 32.1. The van der Waals surface area contributed by atoms with Gasteiger partial charge in [0.2, 0.25) is 0 Å². The zero-order valence-electron chi connectivity index (χ0n) is 10.0. The Kier molecular flexibility index (Phi) is 4.23. The van der Waals surface area contributed by atoms with Crippen molar-refractivity contribution < 1.29 is 0 Å². The summed E-state index contributed by atoms with van der Waals surface area (Å²) in [5, 5.41) is 3.25. The maximum Gasteiger partial charge on any atom is 0.0406 e. The van der Waals surface area contributed by atoms with Crippen molar-refractivity contribution in [3.05, 3.63) is 35.4 Å². The Bertz CT molecular complexity index is 293. The molecule has 0 spiro atoms. The van der Waals surface area contributed by atoms with Gasteiger partial charge in [0.15, 0.2) is 0 Å². The lowest BCUT2D eigenvalue weighted by Gasteiger charge is -2.20. The maximum absolute atomic E-state index is 4.33. The van der Waals surface area contributed by atoms with Gasteiger partial charge in [0, 0.05) is 11.8 Å². The molecule has 0 amide bonds. The van der Waals surface area contributed by atoms with Crippen LogP contribution in [0.4, 0.5) is 0 Å². The molecule has 1 atom stereocenters. The minimum atomic E-state index is 0.231. The van der Waals surface area contributed by atoms with Gasteiger partial charge in [-0.2, -0.15) is 12.6 Å². The van der Waals surface area contributed by atoms with E-state index >= 15 is 0 Å². The second-order valence-corrected chi connectivity index (χ2v) is 5.26.